The van der Waals surface area contributed by atoms with E-state index in [2.05, 4.69) is 9.58 Å². The van der Waals surface area contributed by atoms with Crippen LogP contribution in [0.3, 0.4) is 0 Å². The van der Waals surface area contributed by atoms with Gasteiger partial charge in [-0.25, -0.2) is 16.8 Å². The van der Waals surface area contributed by atoms with E-state index in [1.165, 1.54) is 24.3 Å². The lowest BCUT2D eigenvalue weighted by Crippen LogP contribution is -2.23. The number of sulfone groups is 2. The molecule has 0 fully saturated rings. The van der Waals surface area contributed by atoms with Gasteiger partial charge in [-0.15, -0.1) is 4.79 Å². The summed E-state index contributed by atoms with van der Waals surface area (Å²) in [5.41, 5.74) is 19.0. The maximum Gasteiger partial charge on any atom is 0.451 e. The minimum Gasteiger partial charge on any atom is -0.361 e. The van der Waals surface area contributed by atoms with Gasteiger partial charge in [0.15, 0.2) is 0 Å². The summed E-state index contributed by atoms with van der Waals surface area (Å²) < 4.78 is 46.1. The van der Waals surface area contributed by atoms with E-state index in [0.717, 1.165) is 18.1 Å². The number of Topliss-reactive ketones (excluding diaryl/α,β-unsaturated/α-hetero) is 1. The highest BCUT2D eigenvalue weighted by Gasteiger charge is 2.34. The molecule has 0 saturated carbocycles. The zero-order valence-corrected chi connectivity index (χ0v) is 17.5. The van der Waals surface area contributed by atoms with E-state index in [4.69, 9.17) is 11.1 Å². The Morgan fingerprint density at radius 1 is 0.828 bits per heavy atom. The van der Waals surface area contributed by atoms with Gasteiger partial charge in [0, 0.05) is 6.92 Å². The van der Waals surface area contributed by atoms with Crippen molar-refractivity contribution in [2.24, 2.45) is 0 Å². The molecule has 2 aromatic rings. The van der Waals surface area contributed by atoms with Crippen LogP contribution in [0.5, 0.6) is 0 Å². The summed E-state index contributed by atoms with van der Waals surface area (Å²) in [6.45, 7) is 4.69. The van der Waals surface area contributed by atoms with Crippen molar-refractivity contribution in [1.29, 1.82) is 0 Å². The molecule has 0 radical (unpaired) electrons. The number of rotatable bonds is 4. The Hall–Kier alpha value is -3.23. The second-order valence-electron chi connectivity index (χ2n) is 5.86. The zero-order valence-electron chi connectivity index (χ0n) is 15.8. The molecule has 0 saturated heterocycles. The molecule has 2 aromatic carbocycles. The molecule has 0 atom stereocenters. The van der Waals surface area contributed by atoms with E-state index in [-0.39, 0.29) is 9.79 Å². The monoisotopic (exact) mass is 434 g/mol. The standard InChI is InChI=1S/C10H10N2O3S.C8H8N2O2S/c1-7-3-5-9(6-4-7)16(14,15)10(12-11)8(2)13;1-7-2-4-8(5-3-7)13(11,12)6-10-9/h3-6H,1-2H3;2-6H,1H3. The highest BCUT2D eigenvalue weighted by atomic mass is 32.2. The van der Waals surface area contributed by atoms with E-state index >= 15 is 0 Å². The molecule has 0 aliphatic heterocycles. The number of hydrogen-bond donors (Lipinski definition) is 0. The van der Waals surface area contributed by atoms with Crippen LogP contribution in [0.15, 0.2) is 58.3 Å². The molecule has 9 nitrogen and oxygen atoms in total. The first-order valence-corrected chi connectivity index (χ1v) is 11.0. The number of nitrogens with zero attached hydrogens (tertiary/aromatic N) is 4. The van der Waals surface area contributed by atoms with E-state index < -0.39 is 30.5 Å². The Morgan fingerprint density at radius 3 is 1.59 bits per heavy atom. The highest BCUT2D eigenvalue weighted by Crippen LogP contribution is 2.13. The van der Waals surface area contributed by atoms with Gasteiger partial charge in [-0.1, -0.05) is 35.4 Å². The number of carbonyl (C=O) groups is 1. The Bertz CT molecular complexity index is 1200. The normalized spacial score (nSPS) is 10.6. The second-order valence-corrected chi connectivity index (χ2v) is 9.49. The van der Waals surface area contributed by atoms with Gasteiger partial charge >= 0.3 is 10.6 Å². The largest absolute Gasteiger partial charge is 0.451 e. The van der Waals surface area contributed by atoms with E-state index in [0.29, 0.717) is 5.55 Å². The fraction of sp³-hybridized carbons (Fsp3) is 0.167. The molecular weight excluding hydrogens is 416 g/mol. The summed E-state index contributed by atoms with van der Waals surface area (Å²) >= 11 is 0. The van der Waals surface area contributed by atoms with Crippen LogP contribution in [0.1, 0.15) is 18.1 Å². The van der Waals surface area contributed by atoms with E-state index in [1.807, 2.05) is 13.8 Å². The molecule has 0 aromatic heterocycles. The zero-order chi connectivity index (χ0) is 22.2. The maximum atomic E-state index is 11.8. The summed E-state index contributed by atoms with van der Waals surface area (Å²) in [6.07, 6.45) is 0. The lowest BCUT2D eigenvalue weighted by Gasteiger charge is -1.98. The predicted octanol–water partition coefficient (Wildman–Crippen LogP) is 2.01. The van der Waals surface area contributed by atoms with Crippen LogP contribution in [-0.2, 0) is 24.5 Å². The molecule has 0 N–H and O–H groups in total. The van der Waals surface area contributed by atoms with Gasteiger partial charge in [-0.3, -0.25) is 4.79 Å². The Labute approximate surface area is 168 Å². The summed E-state index contributed by atoms with van der Waals surface area (Å²) in [5.74, 6) is -0.803. The highest BCUT2D eigenvalue weighted by molar-refractivity contribution is 8.08. The number of aryl methyl sites for hydroxylation is 2. The smallest absolute Gasteiger partial charge is 0.361 e. The molecule has 0 spiro atoms. The molecule has 0 aliphatic carbocycles. The Kier molecular flexibility index (Phi) is 8.05. The molecule has 0 unspecified atom stereocenters. The van der Waals surface area contributed by atoms with Gasteiger partial charge in [0.05, 0.1) is 9.79 Å². The lowest BCUT2D eigenvalue weighted by atomic mass is 10.2. The Balaban J connectivity index is 0.000000296. The third-order valence-corrected chi connectivity index (χ3v) is 6.59. The van der Waals surface area contributed by atoms with Crippen molar-refractivity contribution in [3.8, 4) is 0 Å². The third kappa shape index (κ3) is 6.41. The van der Waals surface area contributed by atoms with Crippen LogP contribution >= 0.6 is 0 Å². The molecule has 29 heavy (non-hydrogen) atoms. The van der Waals surface area contributed by atoms with Crippen molar-refractivity contribution < 1.29 is 31.2 Å². The fourth-order valence-corrected chi connectivity index (χ4v) is 3.96. The van der Waals surface area contributed by atoms with Crippen LogP contribution in [0.4, 0.5) is 0 Å². The van der Waals surface area contributed by atoms with Crippen molar-refractivity contribution >= 4 is 36.0 Å². The van der Waals surface area contributed by atoms with Gasteiger partial charge in [-0.05, 0) is 38.1 Å². The van der Waals surface area contributed by atoms with Crippen molar-refractivity contribution in [1.82, 2.24) is 0 Å². The van der Waals surface area contributed by atoms with Crippen molar-refractivity contribution in [2.45, 2.75) is 30.6 Å². The lowest BCUT2D eigenvalue weighted by molar-refractivity contribution is -0.114. The quantitative estimate of drug-likeness (QED) is 0.311. The maximum absolute atomic E-state index is 11.8. The van der Waals surface area contributed by atoms with Gasteiger partial charge < -0.3 is 11.1 Å². The number of benzene rings is 2. The topological polar surface area (TPSA) is 158 Å². The van der Waals surface area contributed by atoms with Gasteiger partial charge in [0.2, 0.25) is 0 Å². The SMILES string of the molecule is CC(=O)C(=[N+]=[N-])S(=O)(=O)c1ccc(C)cc1.Cc1ccc(S(=O)(=O)C=[N+]=[N-])cc1. The molecular formula is C18H18N4O5S2. The molecule has 0 amide bonds. The number of carbonyl (C=O) groups excluding carboxylic acids is 1. The first kappa shape index (κ1) is 23.8. The molecule has 152 valence electrons. The van der Waals surface area contributed by atoms with Crippen molar-refractivity contribution in [3.05, 3.63) is 70.7 Å². The van der Waals surface area contributed by atoms with E-state index in [1.54, 1.807) is 24.3 Å². The second kappa shape index (κ2) is 9.81. The first-order chi connectivity index (χ1) is 13.5. The minimum absolute atomic E-state index is 0.0684. The average molecular weight is 434 g/mol. The number of hydrogen-bond acceptors (Lipinski definition) is 5. The fourth-order valence-electron chi connectivity index (χ4n) is 1.99. The van der Waals surface area contributed by atoms with Crippen molar-refractivity contribution in [3.63, 3.8) is 0 Å². The van der Waals surface area contributed by atoms with Gasteiger partial charge in [0.25, 0.3) is 25.5 Å². The molecule has 0 aliphatic rings. The average Bonchev–Trinajstić information content (AvgIpc) is 2.63. The summed E-state index contributed by atoms with van der Waals surface area (Å²) in [5, 5.41) is -0.851. The Morgan fingerprint density at radius 2 is 1.24 bits per heavy atom. The van der Waals surface area contributed by atoms with Crippen molar-refractivity contribution in [2.75, 3.05) is 0 Å². The first-order valence-electron chi connectivity index (χ1n) is 7.99. The van der Waals surface area contributed by atoms with Gasteiger partial charge in [0.1, 0.15) is 0 Å². The van der Waals surface area contributed by atoms with Crippen LogP contribution in [-0.4, -0.2) is 42.8 Å². The number of ketones is 1. The van der Waals surface area contributed by atoms with Crippen LogP contribution in [0.25, 0.3) is 11.1 Å². The predicted molar refractivity (Wildman–Crippen MR) is 106 cm³/mol. The third-order valence-electron chi connectivity index (χ3n) is 3.51. The summed E-state index contributed by atoms with van der Waals surface area (Å²) in [6, 6.07) is 12.2. The summed E-state index contributed by atoms with van der Waals surface area (Å²) in [4.78, 5) is 16.1. The van der Waals surface area contributed by atoms with Crippen LogP contribution in [0, 0.1) is 13.8 Å². The summed E-state index contributed by atoms with van der Waals surface area (Å²) in [7, 11) is -7.59. The molecule has 0 heterocycles. The van der Waals surface area contributed by atoms with Crippen LogP contribution in [0.2, 0.25) is 0 Å². The molecule has 2 rings (SSSR count). The molecule has 0 bridgehead atoms. The van der Waals surface area contributed by atoms with Gasteiger partial charge in [-0.2, -0.15) is 4.79 Å². The van der Waals surface area contributed by atoms with Crippen LogP contribution < -0.4 is 0 Å². The molecule has 11 heteroatoms. The van der Waals surface area contributed by atoms with E-state index in [9.17, 15) is 21.6 Å². The minimum atomic E-state index is -4.02.